The number of benzene rings is 3. The second-order valence-corrected chi connectivity index (χ2v) is 7.16. The highest BCUT2D eigenvalue weighted by Gasteiger charge is 2.13. The van der Waals surface area contributed by atoms with Crippen molar-refractivity contribution in [2.24, 2.45) is 0 Å². The van der Waals surface area contributed by atoms with Gasteiger partial charge in [-0.25, -0.2) is 12.8 Å². The summed E-state index contributed by atoms with van der Waals surface area (Å²) in [4.78, 5) is 0.0141. The first-order chi connectivity index (χ1) is 12.0. The lowest BCUT2D eigenvalue weighted by Crippen LogP contribution is -2.12. The fraction of sp³-hybridized carbons (Fsp3) is 0.0526. The molecule has 3 rings (SSSR count). The number of nitrogens with one attached hydrogen (secondary N) is 2. The second kappa shape index (κ2) is 7.36. The van der Waals surface area contributed by atoms with E-state index >= 15 is 0 Å². The van der Waals surface area contributed by atoms with Gasteiger partial charge in [-0.2, -0.15) is 0 Å². The maximum absolute atomic E-state index is 12.9. The molecule has 3 aromatic carbocycles. The van der Waals surface area contributed by atoms with Crippen LogP contribution in [0, 0.1) is 5.82 Å². The molecule has 6 heteroatoms. The van der Waals surface area contributed by atoms with E-state index in [2.05, 4.69) is 10.0 Å². The van der Waals surface area contributed by atoms with E-state index in [1.807, 2.05) is 30.3 Å². The molecule has 25 heavy (non-hydrogen) atoms. The van der Waals surface area contributed by atoms with Gasteiger partial charge in [-0.3, -0.25) is 4.72 Å². The number of sulfonamides is 1. The van der Waals surface area contributed by atoms with Crippen LogP contribution in [0.2, 0.25) is 0 Å². The van der Waals surface area contributed by atoms with Crippen LogP contribution in [-0.4, -0.2) is 8.42 Å². The molecule has 0 saturated heterocycles. The third kappa shape index (κ3) is 4.58. The van der Waals surface area contributed by atoms with E-state index < -0.39 is 15.8 Å². The number of hydrogen-bond acceptors (Lipinski definition) is 3. The van der Waals surface area contributed by atoms with Crippen LogP contribution in [0.1, 0.15) is 5.56 Å². The van der Waals surface area contributed by atoms with Crippen LogP contribution in [0.4, 0.5) is 15.8 Å². The number of halogens is 1. The van der Waals surface area contributed by atoms with Crippen molar-refractivity contribution in [1.29, 1.82) is 0 Å². The van der Waals surface area contributed by atoms with E-state index in [0.29, 0.717) is 12.2 Å². The molecule has 0 bridgehead atoms. The molecule has 0 atom stereocenters. The Morgan fingerprint density at radius 3 is 2.00 bits per heavy atom. The Kier molecular flexibility index (Phi) is 5.00. The molecule has 0 heterocycles. The minimum Gasteiger partial charge on any atom is -0.381 e. The lowest BCUT2D eigenvalue weighted by atomic mass is 10.2. The van der Waals surface area contributed by atoms with E-state index in [1.165, 1.54) is 12.1 Å². The van der Waals surface area contributed by atoms with Gasteiger partial charge >= 0.3 is 0 Å². The summed E-state index contributed by atoms with van der Waals surface area (Å²) in [7, 11) is -3.74. The monoisotopic (exact) mass is 356 g/mol. The predicted molar refractivity (Wildman–Crippen MR) is 97.4 cm³/mol. The Morgan fingerprint density at radius 2 is 1.36 bits per heavy atom. The molecule has 0 aromatic heterocycles. The predicted octanol–water partition coefficient (Wildman–Crippen LogP) is 4.24. The van der Waals surface area contributed by atoms with Crippen molar-refractivity contribution < 1.29 is 12.8 Å². The normalized spacial score (nSPS) is 11.1. The van der Waals surface area contributed by atoms with Crippen LogP contribution < -0.4 is 10.0 Å². The van der Waals surface area contributed by atoms with Crippen molar-refractivity contribution in [3.8, 4) is 0 Å². The quantitative estimate of drug-likeness (QED) is 0.695. The molecular weight excluding hydrogens is 339 g/mol. The number of hydrogen-bond donors (Lipinski definition) is 2. The highest BCUT2D eigenvalue weighted by atomic mass is 32.2. The molecule has 0 amide bonds. The largest absolute Gasteiger partial charge is 0.381 e. The Labute approximate surface area is 146 Å². The average molecular weight is 356 g/mol. The topological polar surface area (TPSA) is 58.2 Å². The molecule has 0 saturated carbocycles. The van der Waals surface area contributed by atoms with Crippen molar-refractivity contribution >= 4 is 21.4 Å². The molecule has 4 nitrogen and oxygen atoms in total. The molecule has 0 aliphatic heterocycles. The van der Waals surface area contributed by atoms with Crippen molar-refractivity contribution in [2.75, 3.05) is 10.0 Å². The van der Waals surface area contributed by atoms with Gasteiger partial charge in [-0.05, 0) is 54.1 Å². The summed E-state index contributed by atoms with van der Waals surface area (Å²) in [5.41, 5.74) is 2.48. The second-order valence-electron chi connectivity index (χ2n) is 5.48. The van der Waals surface area contributed by atoms with Gasteiger partial charge in [0.2, 0.25) is 0 Å². The van der Waals surface area contributed by atoms with Gasteiger partial charge in [0.1, 0.15) is 5.82 Å². The van der Waals surface area contributed by atoms with Crippen molar-refractivity contribution in [3.05, 3.63) is 90.2 Å². The summed E-state index contributed by atoms with van der Waals surface area (Å²) in [6.45, 7) is 0.682. The molecule has 0 aliphatic rings. The average Bonchev–Trinajstić information content (AvgIpc) is 2.62. The molecule has 128 valence electrons. The van der Waals surface area contributed by atoms with Crippen molar-refractivity contribution in [3.63, 3.8) is 0 Å². The van der Waals surface area contributed by atoms with Crippen LogP contribution in [0.5, 0.6) is 0 Å². The van der Waals surface area contributed by atoms with Crippen LogP contribution in [0.15, 0.2) is 83.8 Å². The first kappa shape index (κ1) is 17.0. The summed E-state index contributed by atoms with van der Waals surface area (Å²) >= 11 is 0. The van der Waals surface area contributed by atoms with Crippen LogP contribution in [0.3, 0.4) is 0 Å². The smallest absolute Gasteiger partial charge is 0.261 e. The maximum Gasteiger partial charge on any atom is 0.261 e. The van der Waals surface area contributed by atoms with E-state index in [0.717, 1.165) is 23.4 Å². The molecule has 0 unspecified atom stereocenters. The zero-order valence-electron chi connectivity index (χ0n) is 13.3. The third-order valence-electron chi connectivity index (χ3n) is 3.60. The summed E-state index contributed by atoms with van der Waals surface area (Å²) in [5, 5.41) is 3.27. The van der Waals surface area contributed by atoms with Gasteiger partial charge in [0.15, 0.2) is 0 Å². The highest BCUT2D eigenvalue weighted by molar-refractivity contribution is 7.92. The van der Waals surface area contributed by atoms with Crippen LogP contribution in [-0.2, 0) is 16.6 Å². The lowest BCUT2D eigenvalue weighted by Gasteiger charge is -2.10. The minimum atomic E-state index is -3.74. The molecule has 0 aliphatic carbocycles. The van der Waals surface area contributed by atoms with Gasteiger partial charge in [0.25, 0.3) is 10.0 Å². The zero-order chi connectivity index (χ0) is 17.7. The zero-order valence-corrected chi connectivity index (χ0v) is 14.1. The first-order valence-corrected chi connectivity index (χ1v) is 9.17. The molecule has 3 aromatic rings. The Bertz CT molecular complexity index is 925. The fourth-order valence-electron chi connectivity index (χ4n) is 2.28. The van der Waals surface area contributed by atoms with Gasteiger partial charge in [0, 0.05) is 17.9 Å². The molecule has 0 fully saturated rings. The Hall–Kier alpha value is -2.86. The maximum atomic E-state index is 12.9. The van der Waals surface area contributed by atoms with Crippen molar-refractivity contribution in [1.82, 2.24) is 0 Å². The lowest BCUT2D eigenvalue weighted by molar-refractivity contribution is 0.599. The van der Waals surface area contributed by atoms with Gasteiger partial charge in [-0.15, -0.1) is 0 Å². The standard InChI is InChI=1S/C19H17FN2O2S/c20-16-6-12-19(13-7-16)25(23,24)22-18-10-8-17(9-11-18)21-14-15-4-2-1-3-5-15/h1-13,21-22H,14H2. The number of rotatable bonds is 6. The summed E-state index contributed by atoms with van der Waals surface area (Å²) < 4.78 is 39.9. The molecule has 0 radical (unpaired) electrons. The summed E-state index contributed by atoms with van der Waals surface area (Å²) in [6, 6.07) is 21.6. The van der Waals surface area contributed by atoms with Crippen LogP contribution >= 0.6 is 0 Å². The van der Waals surface area contributed by atoms with Gasteiger partial charge in [-0.1, -0.05) is 30.3 Å². The first-order valence-electron chi connectivity index (χ1n) is 7.69. The minimum absolute atomic E-state index is 0.0141. The Morgan fingerprint density at radius 1 is 0.760 bits per heavy atom. The Balaban J connectivity index is 1.65. The van der Waals surface area contributed by atoms with E-state index in [4.69, 9.17) is 0 Å². The number of anilines is 2. The van der Waals surface area contributed by atoms with E-state index in [9.17, 15) is 12.8 Å². The highest BCUT2D eigenvalue weighted by Crippen LogP contribution is 2.19. The van der Waals surface area contributed by atoms with Gasteiger partial charge < -0.3 is 5.32 Å². The third-order valence-corrected chi connectivity index (χ3v) is 5.00. The summed E-state index contributed by atoms with van der Waals surface area (Å²) in [5.74, 6) is -0.479. The molecule has 0 spiro atoms. The fourth-order valence-corrected chi connectivity index (χ4v) is 3.34. The van der Waals surface area contributed by atoms with E-state index in [1.54, 1.807) is 24.3 Å². The van der Waals surface area contributed by atoms with E-state index in [-0.39, 0.29) is 4.90 Å². The van der Waals surface area contributed by atoms with Gasteiger partial charge in [0.05, 0.1) is 4.90 Å². The summed E-state index contributed by atoms with van der Waals surface area (Å²) in [6.07, 6.45) is 0. The molecule has 2 N–H and O–H groups in total. The SMILES string of the molecule is O=S(=O)(Nc1ccc(NCc2ccccc2)cc1)c1ccc(F)cc1. The van der Waals surface area contributed by atoms with Crippen LogP contribution in [0.25, 0.3) is 0 Å². The molecular formula is C19H17FN2O2S. The van der Waals surface area contributed by atoms with Crippen molar-refractivity contribution in [2.45, 2.75) is 11.4 Å².